The monoisotopic (exact) mass is 411 g/mol. The van der Waals surface area contributed by atoms with Crippen molar-refractivity contribution >= 4 is 23.6 Å². The number of carbonyl (C=O) groups excluding carboxylic acids is 2. The number of amides is 2. The van der Waals surface area contributed by atoms with Gasteiger partial charge in [0.2, 0.25) is 5.91 Å². The van der Waals surface area contributed by atoms with Crippen LogP contribution in [0, 0.1) is 5.82 Å². The molecule has 2 aromatic heterocycles. The maximum absolute atomic E-state index is 13.3. The van der Waals surface area contributed by atoms with E-state index in [4.69, 9.17) is 4.42 Å². The summed E-state index contributed by atoms with van der Waals surface area (Å²) in [5.74, 6) is -0.554. The molecular formula is C21H18FN3O3S. The van der Waals surface area contributed by atoms with Gasteiger partial charge in [0.05, 0.1) is 12.5 Å². The lowest BCUT2D eigenvalue weighted by molar-refractivity contribution is -0.125. The van der Waals surface area contributed by atoms with Crippen molar-refractivity contribution in [2.45, 2.75) is 18.0 Å². The average Bonchev–Trinajstić information content (AvgIpc) is 3.42. The van der Waals surface area contributed by atoms with Gasteiger partial charge in [0.15, 0.2) is 0 Å². The Morgan fingerprint density at radius 3 is 2.76 bits per heavy atom. The number of hydrogen-bond acceptors (Lipinski definition) is 5. The number of pyridine rings is 1. The first kappa shape index (κ1) is 19.2. The van der Waals surface area contributed by atoms with Gasteiger partial charge in [-0.15, -0.1) is 11.8 Å². The highest BCUT2D eigenvalue weighted by Crippen LogP contribution is 2.42. The van der Waals surface area contributed by atoms with Crippen LogP contribution in [0.15, 0.2) is 71.8 Å². The summed E-state index contributed by atoms with van der Waals surface area (Å²) in [7, 11) is 0. The molecule has 0 bridgehead atoms. The molecule has 2 amide bonds. The molecule has 1 N–H and O–H groups in total. The van der Waals surface area contributed by atoms with Crippen molar-refractivity contribution in [2.75, 3.05) is 5.75 Å². The van der Waals surface area contributed by atoms with Gasteiger partial charge < -0.3 is 14.6 Å². The van der Waals surface area contributed by atoms with Crippen LogP contribution >= 0.6 is 11.8 Å². The van der Waals surface area contributed by atoms with Gasteiger partial charge in [0, 0.05) is 35.8 Å². The largest absolute Gasteiger partial charge is 0.472 e. The predicted octanol–water partition coefficient (Wildman–Crippen LogP) is 3.39. The number of aromatic nitrogens is 1. The lowest BCUT2D eigenvalue weighted by Crippen LogP contribution is -2.47. The second-order valence-corrected chi connectivity index (χ2v) is 7.67. The number of halogens is 1. The van der Waals surface area contributed by atoms with Crippen LogP contribution in [0.1, 0.15) is 26.9 Å². The zero-order valence-electron chi connectivity index (χ0n) is 15.3. The van der Waals surface area contributed by atoms with Crippen LogP contribution in [0.25, 0.3) is 0 Å². The van der Waals surface area contributed by atoms with Crippen LogP contribution in [0.2, 0.25) is 0 Å². The van der Waals surface area contributed by atoms with E-state index < -0.39 is 11.9 Å². The van der Waals surface area contributed by atoms with Crippen LogP contribution < -0.4 is 5.32 Å². The van der Waals surface area contributed by atoms with Gasteiger partial charge in [-0.3, -0.25) is 14.6 Å². The second kappa shape index (κ2) is 8.48. The standard InChI is InChI=1S/C21H18FN3O3S/c22-17-5-3-15(4-6-17)20(27)25-18(13-29-21(25)16-7-9-28-12-16)19(26)24-11-14-2-1-8-23-10-14/h1-10,12,18,21H,11,13H2,(H,24,26). The van der Waals surface area contributed by atoms with Crippen molar-refractivity contribution < 1.29 is 18.4 Å². The Balaban J connectivity index is 1.57. The number of rotatable bonds is 5. The highest BCUT2D eigenvalue weighted by molar-refractivity contribution is 7.99. The van der Waals surface area contributed by atoms with Gasteiger partial charge >= 0.3 is 0 Å². The average molecular weight is 411 g/mol. The van der Waals surface area contributed by atoms with Gasteiger partial charge in [-0.2, -0.15) is 0 Å². The highest BCUT2D eigenvalue weighted by Gasteiger charge is 2.42. The number of hydrogen-bond donors (Lipinski definition) is 1. The first-order valence-corrected chi connectivity index (χ1v) is 10.1. The number of nitrogens with one attached hydrogen (secondary N) is 1. The molecule has 8 heteroatoms. The Bertz CT molecular complexity index is 980. The summed E-state index contributed by atoms with van der Waals surface area (Å²) in [5, 5.41) is 2.52. The van der Waals surface area contributed by atoms with Crippen molar-refractivity contribution in [3.8, 4) is 0 Å². The molecular weight excluding hydrogens is 393 g/mol. The molecule has 2 atom stereocenters. The molecule has 3 aromatic rings. The number of carbonyl (C=O) groups is 2. The molecule has 2 unspecified atom stereocenters. The molecule has 1 saturated heterocycles. The summed E-state index contributed by atoms with van der Waals surface area (Å²) in [6.07, 6.45) is 6.45. The molecule has 0 saturated carbocycles. The number of nitrogens with zero attached hydrogens (tertiary/aromatic N) is 2. The van der Waals surface area contributed by atoms with Crippen molar-refractivity contribution in [3.63, 3.8) is 0 Å². The molecule has 0 radical (unpaired) electrons. The molecule has 148 valence electrons. The van der Waals surface area contributed by atoms with Crippen LogP contribution in [-0.4, -0.2) is 33.5 Å². The molecule has 0 aliphatic carbocycles. The van der Waals surface area contributed by atoms with Gasteiger partial charge in [0.25, 0.3) is 5.91 Å². The van der Waals surface area contributed by atoms with E-state index in [-0.39, 0.29) is 17.2 Å². The molecule has 1 fully saturated rings. The first-order valence-electron chi connectivity index (χ1n) is 9.02. The maximum atomic E-state index is 13.3. The van der Waals surface area contributed by atoms with E-state index >= 15 is 0 Å². The molecule has 1 aliphatic heterocycles. The van der Waals surface area contributed by atoms with E-state index in [9.17, 15) is 14.0 Å². The topological polar surface area (TPSA) is 75.4 Å². The lowest BCUT2D eigenvalue weighted by Gasteiger charge is -2.28. The van der Waals surface area contributed by atoms with Crippen molar-refractivity contribution in [3.05, 3.63) is 89.9 Å². The maximum Gasteiger partial charge on any atom is 0.255 e. The Kier molecular flexibility index (Phi) is 5.62. The smallest absolute Gasteiger partial charge is 0.255 e. The summed E-state index contributed by atoms with van der Waals surface area (Å²) >= 11 is 1.49. The minimum atomic E-state index is -0.658. The van der Waals surface area contributed by atoms with E-state index in [2.05, 4.69) is 10.3 Å². The number of furan rings is 1. The fourth-order valence-electron chi connectivity index (χ4n) is 3.18. The Morgan fingerprint density at radius 1 is 1.24 bits per heavy atom. The van der Waals surface area contributed by atoms with E-state index in [0.29, 0.717) is 17.9 Å². The molecule has 6 nitrogen and oxygen atoms in total. The summed E-state index contributed by atoms with van der Waals surface area (Å²) in [6, 6.07) is 10.1. The van der Waals surface area contributed by atoms with Crippen LogP contribution in [0.4, 0.5) is 4.39 Å². The Morgan fingerprint density at radius 2 is 2.07 bits per heavy atom. The van der Waals surface area contributed by atoms with Crippen molar-refractivity contribution in [1.82, 2.24) is 15.2 Å². The van der Waals surface area contributed by atoms with Gasteiger partial charge in [0.1, 0.15) is 17.2 Å². The molecule has 1 aliphatic rings. The van der Waals surface area contributed by atoms with Gasteiger partial charge in [-0.25, -0.2) is 4.39 Å². The normalized spacial score (nSPS) is 18.6. The summed E-state index contributed by atoms with van der Waals surface area (Å²) in [4.78, 5) is 31.7. The van der Waals surface area contributed by atoms with E-state index in [1.165, 1.54) is 42.3 Å². The third kappa shape index (κ3) is 4.17. The molecule has 4 rings (SSSR count). The fourth-order valence-corrected chi connectivity index (χ4v) is 4.59. The third-order valence-corrected chi connectivity index (χ3v) is 5.97. The predicted molar refractivity (Wildman–Crippen MR) is 106 cm³/mol. The van der Waals surface area contributed by atoms with Crippen LogP contribution in [0.3, 0.4) is 0 Å². The molecule has 3 heterocycles. The Labute approximate surface area is 171 Å². The lowest BCUT2D eigenvalue weighted by atomic mass is 10.1. The zero-order valence-corrected chi connectivity index (χ0v) is 16.1. The summed E-state index contributed by atoms with van der Waals surface area (Å²) in [5.41, 5.74) is 2.00. The molecule has 0 spiro atoms. The Hall–Kier alpha value is -3.13. The van der Waals surface area contributed by atoms with E-state index in [0.717, 1.165) is 11.1 Å². The summed E-state index contributed by atoms with van der Waals surface area (Å²) < 4.78 is 18.5. The van der Waals surface area contributed by atoms with Gasteiger partial charge in [-0.05, 0) is 42.0 Å². The zero-order chi connectivity index (χ0) is 20.2. The van der Waals surface area contributed by atoms with Crippen molar-refractivity contribution in [2.24, 2.45) is 0 Å². The van der Waals surface area contributed by atoms with Crippen LogP contribution in [0.5, 0.6) is 0 Å². The van der Waals surface area contributed by atoms with Crippen molar-refractivity contribution in [1.29, 1.82) is 0 Å². The van der Waals surface area contributed by atoms with Gasteiger partial charge in [-0.1, -0.05) is 6.07 Å². The third-order valence-electron chi connectivity index (χ3n) is 4.65. The van der Waals surface area contributed by atoms with Crippen LogP contribution in [-0.2, 0) is 11.3 Å². The van der Waals surface area contributed by atoms with E-state index in [1.807, 2.05) is 6.07 Å². The number of thioether (sulfide) groups is 1. The van der Waals surface area contributed by atoms with E-state index in [1.54, 1.807) is 35.7 Å². The quantitative estimate of drug-likeness (QED) is 0.697. The summed E-state index contributed by atoms with van der Waals surface area (Å²) in [6.45, 7) is 0.322. The highest BCUT2D eigenvalue weighted by atomic mass is 32.2. The fraction of sp³-hybridized carbons (Fsp3) is 0.190. The minimum absolute atomic E-state index is 0.247. The molecule has 1 aromatic carbocycles. The number of benzene rings is 1. The molecule has 29 heavy (non-hydrogen) atoms. The SMILES string of the molecule is O=C(NCc1cccnc1)C1CSC(c2ccoc2)N1C(=O)c1ccc(F)cc1. The second-order valence-electron chi connectivity index (χ2n) is 6.56. The first-order chi connectivity index (χ1) is 14.1. The minimum Gasteiger partial charge on any atom is -0.472 e.